The quantitative estimate of drug-likeness (QED) is 0.716. The first-order chi connectivity index (χ1) is 5.90. The zero-order valence-electron chi connectivity index (χ0n) is 6.37. The summed E-state index contributed by atoms with van der Waals surface area (Å²) in [4.78, 5) is 17.3. The van der Waals surface area contributed by atoms with Crippen LogP contribution in [0.15, 0.2) is 24.3 Å². The molecule has 0 aliphatic carbocycles. The SMILES string of the molecule is O=[C]Cc1nc2ccccc2[nH]1. The number of nitrogens with zero attached hydrogens (tertiary/aromatic N) is 1. The third-order valence-corrected chi connectivity index (χ3v) is 1.68. The molecule has 0 fully saturated rings. The molecule has 0 aliphatic rings. The lowest BCUT2D eigenvalue weighted by Crippen LogP contribution is -1.86. The highest BCUT2D eigenvalue weighted by atomic mass is 16.1. The van der Waals surface area contributed by atoms with Gasteiger partial charge in [0.05, 0.1) is 17.5 Å². The summed E-state index contributed by atoms with van der Waals surface area (Å²) in [6.45, 7) is 0. The number of para-hydroxylation sites is 2. The van der Waals surface area contributed by atoms with Gasteiger partial charge < -0.3 is 4.98 Å². The van der Waals surface area contributed by atoms with E-state index in [2.05, 4.69) is 9.97 Å². The van der Waals surface area contributed by atoms with Crippen LogP contribution in [-0.2, 0) is 11.2 Å². The Bertz CT molecular complexity index is 373. The number of aromatic nitrogens is 2. The van der Waals surface area contributed by atoms with E-state index in [1.807, 2.05) is 24.3 Å². The lowest BCUT2D eigenvalue weighted by atomic mass is 10.3. The Morgan fingerprint density at radius 3 is 3.00 bits per heavy atom. The molecular formula is C9H7N2O. The fraction of sp³-hybridized carbons (Fsp3) is 0.111. The highest BCUT2D eigenvalue weighted by Gasteiger charge is 1.99. The monoisotopic (exact) mass is 159 g/mol. The van der Waals surface area contributed by atoms with Crippen molar-refractivity contribution in [3.63, 3.8) is 0 Å². The van der Waals surface area contributed by atoms with E-state index >= 15 is 0 Å². The van der Waals surface area contributed by atoms with Crippen molar-refractivity contribution in [1.29, 1.82) is 0 Å². The predicted molar refractivity (Wildman–Crippen MR) is 45.5 cm³/mol. The van der Waals surface area contributed by atoms with E-state index in [0.717, 1.165) is 11.0 Å². The first-order valence-electron chi connectivity index (χ1n) is 3.69. The van der Waals surface area contributed by atoms with Crippen LogP contribution in [0, 0.1) is 0 Å². The normalized spacial score (nSPS) is 10.3. The van der Waals surface area contributed by atoms with E-state index in [4.69, 9.17) is 0 Å². The van der Waals surface area contributed by atoms with Crippen LogP contribution < -0.4 is 0 Å². The van der Waals surface area contributed by atoms with E-state index in [1.165, 1.54) is 0 Å². The lowest BCUT2D eigenvalue weighted by molar-refractivity contribution is 0.554. The van der Waals surface area contributed by atoms with Gasteiger partial charge in [-0.25, -0.2) is 4.98 Å². The molecule has 1 aromatic carbocycles. The molecule has 59 valence electrons. The van der Waals surface area contributed by atoms with Crippen LogP contribution in [0.25, 0.3) is 11.0 Å². The second-order valence-electron chi connectivity index (χ2n) is 2.52. The third-order valence-electron chi connectivity index (χ3n) is 1.68. The molecule has 1 N–H and O–H groups in total. The van der Waals surface area contributed by atoms with Gasteiger partial charge in [0.2, 0.25) is 6.29 Å². The van der Waals surface area contributed by atoms with Crippen molar-refractivity contribution in [3.05, 3.63) is 30.1 Å². The summed E-state index contributed by atoms with van der Waals surface area (Å²) in [5, 5.41) is 0. The van der Waals surface area contributed by atoms with E-state index in [9.17, 15) is 4.79 Å². The van der Waals surface area contributed by atoms with Crippen LogP contribution in [0.5, 0.6) is 0 Å². The molecule has 0 spiro atoms. The fourth-order valence-electron chi connectivity index (χ4n) is 1.16. The predicted octanol–water partition coefficient (Wildman–Crippen LogP) is 1.22. The van der Waals surface area contributed by atoms with Crippen molar-refractivity contribution >= 4 is 17.3 Å². The summed E-state index contributed by atoms with van der Waals surface area (Å²) < 4.78 is 0. The number of carbonyl (C=O) groups excluding carboxylic acids is 1. The van der Waals surface area contributed by atoms with Gasteiger partial charge in [-0.05, 0) is 12.1 Å². The van der Waals surface area contributed by atoms with E-state index in [-0.39, 0.29) is 6.42 Å². The molecule has 3 nitrogen and oxygen atoms in total. The minimum absolute atomic E-state index is 0.231. The summed E-state index contributed by atoms with van der Waals surface area (Å²) in [5.74, 6) is 0.672. The standard InChI is InChI=1S/C9H7N2O/c12-6-5-9-10-7-3-1-2-4-8(7)11-9/h1-4H,5H2,(H,10,11). The average Bonchev–Trinajstić information content (AvgIpc) is 2.47. The van der Waals surface area contributed by atoms with Crippen LogP contribution >= 0.6 is 0 Å². The molecule has 2 rings (SSSR count). The summed E-state index contributed by atoms with van der Waals surface area (Å²) in [6, 6.07) is 7.67. The van der Waals surface area contributed by atoms with E-state index in [1.54, 1.807) is 6.29 Å². The minimum Gasteiger partial charge on any atom is -0.342 e. The number of hydrogen-bond acceptors (Lipinski definition) is 2. The van der Waals surface area contributed by atoms with Crippen molar-refractivity contribution in [2.75, 3.05) is 0 Å². The molecule has 1 heterocycles. The Morgan fingerprint density at radius 2 is 2.25 bits per heavy atom. The molecular weight excluding hydrogens is 152 g/mol. The van der Waals surface area contributed by atoms with Gasteiger partial charge in [0, 0.05) is 0 Å². The topological polar surface area (TPSA) is 45.8 Å². The van der Waals surface area contributed by atoms with Gasteiger partial charge in [-0.3, -0.25) is 4.79 Å². The second-order valence-corrected chi connectivity index (χ2v) is 2.52. The third kappa shape index (κ3) is 1.09. The Balaban J connectivity index is 2.54. The molecule has 3 heteroatoms. The molecule has 12 heavy (non-hydrogen) atoms. The van der Waals surface area contributed by atoms with Crippen LogP contribution in [0.4, 0.5) is 0 Å². The fourth-order valence-corrected chi connectivity index (χ4v) is 1.16. The number of imidazole rings is 1. The number of hydrogen-bond donors (Lipinski definition) is 1. The first-order valence-corrected chi connectivity index (χ1v) is 3.69. The summed E-state index contributed by atoms with van der Waals surface area (Å²) in [5.41, 5.74) is 1.85. The van der Waals surface area contributed by atoms with E-state index in [0.29, 0.717) is 5.82 Å². The lowest BCUT2D eigenvalue weighted by Gasteiger charge is -1.81. The van der Waals surface area contributed by atoms with Crippen molar-refractivity contribution in [3.8, 4) is 0 Å². The van der Waals surface area contributed by atoms with Crippen molar-refractivity contribution in [1.82, 2.24) is 9.97 Å². The Labute approximate surface area is 69.4 Å². The maximum atomic E-state index is 10.1. The van der Waals surface area contributed by atoms with Gasteiger partial charge in [0.1, 0.15) is 5.82 Å². The molecule has 0 bridgehead atoms. The Hall–Kier alpha value is -1.64. The molecule has 0 atom stereocenters. The van der Waals surface area contributed by atoms with Gasteiger partial charge in [0.25, 0.3) is 0 Å². The van der Waals surface area contributed by atoms with Gasteiger partial charge in [-0.15, -0.1) is 0 Å². The van der Waals surface area contributed by atoms with Crippen molar-refractivity contribution in [2.24, 2.45) is 0 Å². The van der Waals surface area contributed by atoms with E-state index < -0.39 is 0 Å². The first kappa shape index (κ1) is 7.03. The Morgan fingerprint density at radius 1 is 1.42 bits per heavy atom. The number of nitrogens with one attached hydrogen (secondary N) is 1. The Kier molecular flexibility index (Phi) is 1.63. The highest BCUT2D eigenvalue weighted by molar-refractivity contribution is 5.75. The van der Waals surface area contributed by atoms with Crippen LogP contribution in [0.2, 0.25) is 0 Å². The largest absolute Gasteiger partial charge is 0.342 e. The average molecular weight is 159 g/mol. The molecule has 0 saturated carbocycles. The van der Waals surface area contributed by atoms with Crippen molar-refractivity contribution < 1.29 is 4.79 Å². The van der Waals surface area contributed by atoms with Crippen LogP contribution in [0.3, 0.4) is 0 Å². The number of benzene rings is 1. The molecule has 1 aromatic heterocycles. The maximum absolute atomic E-state index is 10.1. The summed E-state index contributed by atoms with van der Waals surface area (Å²) in [6.07, 6.45) is 2.03. The zero-order chi connectivity index (χ0) is 8.39. The summed E-state index contributed by atoms with van der Waals surface area (Å²) in [7, 11) is 0. The minimum atomic E-state index is 0.231. The molecule has 0 saturated heterocycles. The second kappa shape index (κ2) is 2.77. The maximum Gasteiger partial charge on any atom is 0.206 e. The smallest absolute Gasteiger partial charge is 0.206 e. The van der Waals surface area contributed by atoms with Crippen LogP contribution in [-0.4, -0.2) is 16.3 Å². The van der Waals surface area contributed by atoms with Gasteiger partial charge in [0.15, 0.2) is 0 Å². The molecule has 2 aromatic rings. The van der Waals surface area contributed by atoms with Gasteiger partial charge >= 0.3 is 0 Å². The molecule has 0 unspecified atom stereocenters. The highest BCUT2D eigenvalue weighted by Crippen LogP contribution is 2.09. The number of H-pyrrole nitrogens is 1. The van der Waals surface area contributed by atoms with Crippen LogP contribution in [0.1, 0.15) is 5.82 Å². The number of rotatable bonds is 2. The molecule has 0 aliphatic heterocycles. The molecule has 0 amide bonds. The van der Waals surface area contributed by atoms with Gasteiger partial charge in [-0.2, -0.15) is 0 Å². The van der Waals surface area contributed by atoms with Gasteiger partial charge in [-0.1, -0.05) is 12.1 Å². The van der Waals surface area contributed by atoms with Crippen molar-refractivity contribution in [2.45, 2.75) is 6.42 Å². The summed E-state index contributed by atoms with van der Waals surface area (Å²) >= 11 is 0. The number of fused-ring (bicyclic) bond motifs is 1. The number of aromatic amines is 1. The molecule has 1 radical (unpaired) electrons. The zero-order valence-corrected chi connectivity index (χ0v) is 6.37.